The van der Waals surface area contributed by atoms with Crippen molar-refractivity contribution in [3.63, 3.8) is 0 Å². The van der Waals surface area contributed by atoms with Gasteiger partial charge in [0.1, 0.15) is 12.4 Å². The molecule has 0 unspecified atom stereocenters. The van der Waals surface area contributed by atoms with Gasteiger partial charge in [0.2, 0.25) is 0 Å². The standard InChI is InChI=1S/C19H21N5.HI/c1-13-8-14(2)10-16(9-13)23-19(20)22-12-18-21-11-17(24-18)15-6-4-3-5-7-15;/h3-11H,12H2,1-2H3,(H,21,24)(H3,20,22,23);1H. The summed E-state index contributed by atoms with van der Waals surface area (Å²) in [6, 6.07) is 16.3. The zero-order chi connectivity index (χ0) is 16.9. The molecule has 0 bridgehead atoms. The van der Waals surface area contributed by atoms with Gasteiger partial charge >= 0.3 is 0 Å². The first-order valence-electron chi connectivity index (χ1n) is 7.85. The molecule has 3 rings (SSSR count). The van der Waals surface area contributed by atoms with E-state index in [-0.39, 0.29) is 24.0 Å². The van der Waals surface area contributed by atoms with Crippen LogP contribution in [0.5, 0.6) is 0 Å². The highest BCUT2D eigenvalue weighted by molar-refractivity contribution is 14.0. The fourth-order valence-electron chi connectivity index (χ4n) is 2.60. The maximum atomic E-state index is 5.97. The molecule has 0 aliphatic heterocycles. The zero-order valence-electron chi connectivity index (χ0n) is 14.3. The monoisotopic (exact) mass is 447 g/mol. The molecule has 0 aliphatic carbocycles. The van der Waals surface area contributed by atoms with Gasteiger partial charge < -0.3 is 16.0 Å². The van der Waals surface area contributed by atoms with Gasteiger partial charge in [-0.2, -0.15) is 0 Å². The summed E-state index contributed by atoms with van der Waals surface area (Å²) in [5.74, 6) is 1.15. The number of hydrogen-bond donors (Lipinski definition) is 3. The number of aromatic amines is 1. The van der Waals surface area contributed by atoms with E-state index in [0.717, 1.165) is 22.8 Å². The minimum absolute atomic E-state index is 0. The molecular weight excluding hydrogens is 425 g/mol. The number of anilines is 1. The molecule has 25 heavy (non-hydrogen) atoms. The van der Waals surface area contributed by atoms with E-state index in [1.165, 1.54) is 11.1 Å². The predicted molar refractivity (Wildman–Crippen MR) is 114 cm³/mol. The van der Waals surface area contributed by atoms with E-state index >= 15 is 0 Å². The summed E-state index contributed by atoms with van der Waals surface area (Å²) in [6.07, 6.45) is 1.81. The Labute approximate surface area is 164 Å². The van der Waals surface area contributed by atoms with Gasteiger partial charge in [0.15, 0.2) is 5.96 Å². The van der Waals surface area contributed by atoms with Gasteiger partial charge in [0.25, 0.3) is 0 Å². The molecule has 130 valence electrons. The van der Waals surface area contributed by atoms with Crippen molar-refractivity contribution in [1.29, 1.82) is 0 Å². The summed E-state index contributed by atoms with van der Waals surface area (Å²) in [5.41, 5.74) is 11.4. The lowest BCUT2D eigenvalue weighted by atomic mass is 10.1. The number of guanidine groups is 1. The molecule has 0 atom stereocenters. The average molecular weight is 447 g/mol. The van der Waals surface area contributed by atoms with Crippen LogP contribution in [-0.2, 0) is 6.54 Å². The highest BCUT2D eigenvalue weighted by atomic mass is 127. The fourth-order valence-corrected chi connectivity index (χ4v) is 2.60. The van der Waals surface area contributed by atoms with Crippen LogP contribution in [0.2, 0.25) is 0 Å². The molecule has 4 N–H and O–H groups in total. The first kappa shape index (κ1) is 19.0. The molecule has 0 saturated carbocycles. The Morgan fingerprint density at radius 3 is 2.48 bits per heavy atom. The summed E-state index contributed by atoms with van der Waals surface area (Å²) in [5, 5.41) is 3.12. The van der Waals surface area contributed by atoms with Crippen molar-refractivity contribution in [2.45, 2.75) is 20.4 Å². The van der Waals surface area contributed by atoms with Crippen molar-refractivity contribution >= 4 is 35.6 Å². The molecular formula is C19H22IN5. The summed E-state index contributed by atoms with van der Waals surface area (Å²) >= 11 is 0. The minimum Gasteiger partial charge on any atom is -0.370 e. The Kier molecular flexibility index (Phi) is 6.58. The maximum Gasteiger partial charge on any atom is 0.193 e. The molecule has 0 saturated heterocycles. The van der Waals surface area contributed by atoms with E-state index in [2.05, 4.69) is 40.2 Å². The third-order valence-corrected chi connectivity index (χ3v) is 3.61. The van der Waals surface area contributed by atoms with Gasteiger partial charge in [-0.1, -0.05) is 36.4 Å². The van der Waals surface area contributed by atoms with E-state index in [1.54, 1.807) is 0 Å². The van der Waals surface area contributed by atoms with Crippen molar-refractivity contribution < 1.29 is 0 Å². The zero-order valence-corrected chi connectivity index (χ0v) is 16.6. The van der Waals surface area contributed by atoms with E-state index in [0.29, 0.717) is 12.5 Å². The maximum absolute atomic E-state index is 5.97. The number of imidazole rings is 1. The van der Waals surface area contributed by atoms with Gasteiger partial charge in [-0.15, -0.1) is 24.0 Å². The van der Waals surface area contributed by atoms with Crippen LogP contribution in [0.4, 0.5) is 5.69 Å². The first-order valence-corrected chi connectivity index (χ1v) is 7.85. The number of H-pyrrole nitrogens is 1. The third-order valence-electron chi connectivity index (χ3n) is 3.61. The van der Waals surface area contributed by atoms with Crippen molar-refractivity contribution in [1.82, 2.24) is 9.97 Å². The van der Waals surface area contributed by atoms with Crippen molar-refractivity contribution in [3.05, 3.63) is 71.7 Å². The largest absolute Gasteiger partial charge is 0.370 e. The van der Waals surface area contributed by atoms with Crippen molar-refractivity contribution in [3.8, 4) is 11.3 Å². The number of hydrogen-bond acceptors (Lipinski definition) is 2. The van der Waals surface area contributed by atoms with Crippen LogP contribution < -0.4 is 11.1 Å². The molecule has 0 aliphatic rings. The summed E-state index contributed by atoms with van der Waals surface area (Å²) < 4.78 is 0. The van der Waals surface area contributed by atoms with Crippen LogP contribution in [0.25, 0.3) is 11.3 Å². The van der Waals surface area contributed by atoms with Gasteiger partial charge in [-0.05, 0) is 42.7 Å². The first-order chi connectivity index (χ1) is 11.6. The lowest BCUT2D eigenvalue weighted by molar-refractivity contribution is 0.947. The number of aliphatic imine (C=N–C) groups is 1. The molecule has 6 heteroatoms. The second kappa shape index (κ2) is 8.66. The highest BCUT2D eigenvalue weighted by Crippen LogP contribution is 2.16. The Morgan fingerprint density at radius 1 is 1.12 bits per heavy atom. The Hall–Kier alpha value is -2.35. The Morgan fingerprint density at radius 2 is 1.80 bits per heavy atom. The molecule has 2 aromatic carbocycles. The Balaban J connectivity index is 0.00000225. The van der Waals surface area contributed by atoms with Crippen molar-refractivity contribution in [2.75, 3.05) is 5.32 Å². The van der Waals surface area contributed by atoms with Crippen LogP contribution in [-0.4, -0.2) is 15.9 Å². The quantitative estimate of drug-likeness (QED) is 0.318. The summed E-state index contributed by atoms with van der Waals surface area (Å²) in [7, 11) is 0. The average Bonchev–Trinajstić information content (AvgIpc) is 3.02. The number of aryl methyl sites for hydroxylation is 2. The summed E-state index contributed by atoms with van der Waals surface area (Å²) in [4.78, 5) is 12.0. The van der Waals surface area contributed by atoms with Crippen LogP contribution in [0.1, 0.15) is 17.0 Å². The van der Waals surface area contributed by atoms with Crippen molar-refractivity contribution in [2.24, 2.45) is 10.7 Å². The fraction of sp³-hybridized carbons (Fsp3) is 0.158. The highest BCUT2D eigenvalue weighted by Gasteiger charge is 2.03. The van der Waals surface area contributed by atoms with Gasteiger partial charge in [0.05, 0.1) is 11.9 Å². The van der Waals surface area contributed by atoms with Crippen LogP contribution in [0.15, 0.2) is 59.7 Å². The number of nitrogens with two attached hydrogens (primary N) is 1. The van der Waals surface area contributed by atoms with Gasteiger partial charge in [0, 0.05) is 5.69 Å². The van der Waals surface area contributed by atoms with E-state index in [4.69, 9.17) is 5.73 Å². The lowest BCUT2D eigenvalue weighted by Gasteiger charge is -2.07. The number of halogens is 1. The second-order valence-corrected chi connectivity index (χ2v) is 5.81. The number of nitrogens with one attached hydrogen (secondary N) is 2. The topological polar surface area (TPSA) is 79.1 Å². The second-order valence-electron chi connectivity index (χ2n) is 5.81. The smallest absolute Gasteiger partial charge is 0.193 e. The molecule has 1 heterocycles. The van der Waals surface area contributed by atoms with E-state index < -0.39 is 0 Å². The van der Waals surface area contributed by atoms with Crippen LogP contribution in [0, 0.1) is 13.8 Å². The number of rotatable bonds is 4. The molecule has 0 radical (unpaired) electrons. The molecule has 0 fully saturated rings. The molecule has 0 amide bonds. The summed E-state index contributed by atoms with van der Waals surface area (Å²) in [6.45, 7) is 4.51. The number of benzene rings is 2. The minimum atomic E-state index is 0. The molecule has 3 aromatic rings. The Bertz CT molecular complexity index is 835. The third kappa shape index (κ3) is 5.32. The molecule has 1 aromatic heterocycles. The van der Waals surface area contributed by atoms with E-state index in [1.807, 2.05) is 48.7 Å². The van der Waals surface area contributed by atoms with Gasteiger partial charge in [-0.3, -0.25) is 0 Å². The van der Waals surface area contributed by atoms with E-state index in [9.17, 15) is 0 Å². The number of aromatic nitrogens is 2. The molecule has 0 spiro atoms. The molecule has 5 nitrogen and oxygen atoms in total. The van der Waals surface area contributed by atoms with Gasteiger partial charge in [-0.25, -0.2) is 9.98 Å². The normalized spacial score (nSPS) is 11.0. The lowest BCUT2D eigenvalue weighted by Crippen LogP contribution is -2.22. The van der Waals surface area contributed by atoms with Crippen LogP contribution >= 0.6 is 24.0 Å². The van der Waals surface area contributed by atoms with Crippen LogP contribution in [0.3, 0.4) is 0 Å². The SMILES string of the molecule is Cc1cc(C)cc(NC(N)=NCc2ncc(-c3ccccc3)[nH]2)c1.I. The number of nitrogens with zero attached hydrogens (tertiary/aromatic N) is 2. The predicted octanol–water partition coefficient (Wildman–Crippen LogP) is 4.24.